The van der Waals surface area contributed by atoms with E-state index in [0.717, 1.165) is 22.0 Å². The second-order valence-corrected chi connectivity index (χ2v) is 9.48. The zero-order valence-corrected chi connectivity index (χ0v) is 18.7. The zero-order chi connectivity index (χ0) is 23.7. The largest absolute Gasteiger partial charge is 0.505 e. The highest BCUT2D eigenvalue weighted by Crippen LogP contribution is 2.47. The highest BCUT2D eigenvalue weighted by molar-refractivity contribution is 7.25. The van der Waals surface area contributed by atoms with Crippen molar-refractivity contribution in [1.29, 1.82) is 0 Å². The number of hydrogen-bond donors (Lipinski definition) is 1. The lowest BCUT2D eigenvalue weighted by molar-refractivity contribution is 0.445. The highest BCUT2D eigenvalue weighted by atomic mass is 35.5. The van der Waals surface area contributed by atoms with Gasteiger partial charge in [-0.25, -0.2) is 23.1 Å². The van der Waals surface area contributed by atoms with E-state index in [2.05, 4.69) is 9.97 Å². The Morgan fingerprint density at radius 2 is 2.03 bits per heavy atom. The minimum Gasteiger partial charge on any atom is -0.505 e. The van der Waals surface area contributed by atoms with Crippen LogP contribution in [0.25, 0.3) is 31.7 Å². The van der Waals surface area contributed by atoms with Gasteiger partial charge in [-0.2, -0.15) is 0 Å². The van der Waals surface area contributed by atoms with Gasteiger partial charge in [0.05, 0.1) is 33.4 Å². The maximum Gasteiger partial charge on any atom is 0.263 e. The molecule has 0 aliphatic heterocycles. The molecule has 0 amide bonds. The van der Waals surface area contributed by atoms with E-state index in [4.69, 9.17) is 16.0 Å². The summed E-state index contributed by atoms with van der Waals surface area (Å²) in [6.45, 7) is -0.170. The monoisotopic (exact) mass is 503 g/mol. The van der Waals surface area contributed by atoms with Gasteiger partial charge in [0.25, 0.3) is 5.56 Å². The molecule has 1 aliphatic carbocycles. The summed E-state index contributed by atoms with van der Waals surface area (Å²) in [4.78, 5) is 22.3. The van der Waals surface area contributed by atoms with Gasteiger partial charge in [-0.15, -0.1) is 11.3 Å². The molecule has 0 unspecified atom stereocenters. The van der Waals surface area contributed by atoms with Crippen molar-refractivity contribution < 1.29 is 22.7 Å². The van der Waals surface area contributed by atoms with Crippen LogP contribution in [0.15, 0.2) is 40.0 Å². The molecule has 0 radical (unpaired) electrons. The summed E-state index contributed by atoms with van der Waals surface area (Å²) < 4.78 is 50.5. The molecule has 1 saturated carbocycles. The van der Waals surface area contributed by atoms with Gasteiger partial charge in [0.1, 0.15) is 16.4 Å². The van der Waals surface area contributed by atoms with E-state index in [1.54, 1.807) is 6.07 Å². The highest BCUT2D eigenvalue weighted by Gasteiger charge is 2.33. The molecule has 6 nitrogen and oxygen atoms in total. The van der Waals surface area contributed by atoms with E-state index in [-0.39, 0.29) is 56.2 Å². The van der Waals surface area contributed by atoms with Crippen molar-refractivity contribution in [2.24, 2.45) is 0 Å². The van der Waals surface area contributed by atoms with Crippen molar-refractivity contribution in [2.45, 2.75) is 25.3 Å². The van der Waals surface area contributed by atoms with E-state index in [0.29, 0.717) is 22.9 Å². The molecule has 172 valence electrons. The smallest absolute Gasteiger partial charge is 0.263 e. The molecular weight excluding hydrogens is 491 g/mol. The Morgan fingerprint density at radius 3 is 2.74 bits per heavy atom. The number of aromatic nitrogens is 3. The molecule has 1 aliphatic rings. The van der Waals surface area contributed by atoms with Crippen molar-refractivity contribution in [3.05, 3.63) is 74.9 Å². The van der Waals surface area contributed by atoms with Crippen LogP contribution in [0.2, 0.25) is 5.02 Å². The number of phenols is 1. The number of aromatic hydroxyl groups is 1. The molecule has 0 atom stereocenters. The number of oxazole rings is 1. The van der Waals surface area contributed by atoms with Crippen LogP contribution in [0.4, 0.5) is 13.2 Å². The van der Waals surface area contributed by atoms with Crippen LogP contribution in [-0.2, 0) is 6.54 Å². The molecule has 1 N–H and O–H groups in total. The molecule has 6 rings (SSSR count). The number of rotatable bonds is 4. The van der Waals surface area contributed by atoms with Gasteiger partial charge in [-0.3, -0.25) is 9.36 Å². The van der Waals surface area contributed by atoms with E-state index in [1.807, 2.05) is 0 Å². The van der Waals surface area contributed by atoms with Crippen molar-refractivity contribution in [3.8, 4) is 17.1 Å². The molecule has 1 fully saturated rings. The lowest BCUT2D eigenvalue weighted by Crippen LogP contribution is -2.24. The van der Waals surface area contributed by atoms with Crippen LogP contribution in [0.5, 0.6) is 5.75 Å². The molecular formula is C23H13ClF3N3O3S. The standard InChI is InChI=1S/C23H13ClF3N3O3S/c24-13-4-3-11-16-22(34-20(11)19(13)31)29-21(30(23(16)32)7-10-6-28-8-33-10)15-12(9-1-2-9)5-14(25)17(26)18(15)27/h3-6,8-9,31H,1-2,7H2. The minimum absolute atomic E-state index is 0.101. The molecule has 5 aromatic rings. The van der Waals surface area contributed by atoms with Crippen LogP contribution in [0, 0.1) is 17.5 Å². The summed E-state index contributed by atoms with van der Waals surface area (Å²) in [5, 5.41) is 11.1. The average molecular weight is 504 g/mol. The Hall–Kier alpha value is -3.37. The van der Waals surface area contributed by atoms with E-state index >= 15 is 4.39 Å². The van der Waals surface area contributed by atoms with Gasteiger partial charge in [0, 0.05) is 5.39 Å². The first-order chi connectivity index (χ1) is 16.3. The predicted molar refractivity (Wildman–Crippen MR) is 121 cm³/mol. The quantitative estimate of drug-likeness (QED) is 0.306. The molecule has 34 heavy (non-hydrogen) atoms. The van der Waals surface area contributed by atoms with Crippen molar-refractivity contribution in [1.82, 2.24) is 14.5 Å². The molecule has 3 aromatic heterocycles. The van der Waals surface area contributed by atoms with Gasteiger partial charge in [0.2, 0.25) is 0 Å². The number of phenolic OH excluding ortho intramolecular Hbond substituents is 1. The maximum atomic E-state index is 15.2. The summed E-state index contributed by atoms with van der Waals surface area (Å²) >= 11 is 7.03. The number of nitrogens with zero attached hydrogens (tertiary/aromatic N) is 3. The summed E-state index contributed by atoms with van der Waals surface area (Å²) in [5.41, 5.74) is -0.573. The lowest BCUT2D eigenvalue weighted by atomic mass is 10.0. The normalized spacial score (nSPS) is 13.9. The fourth-order valence-corrected chi connectivity index (χ4v) is 5.48. The fourth-order valence-electron chi connectivity index (χ4n) is 4.15. The average Bonchev–Trinajstić information content (AvgIpc) is 3.40. The number of fused-ring (bicyclic) bond motifs is 3. The minimum atomic E-state index is -1.64. The van der Waals surface area contributed by atoms with Crippen molar-refractivity contribution >= 4 is 43.2 Å². The van der Waals surface area contributed by atoms with Crippen LogP contribution in [0.3, 0.4) is 0 Å². The Kier molecular flexibility index (Phi) is 4.72. The fraction of sp³-hybridized carbons (Fsp3) is 0.174. The number of hydrogen-bond acceptors (Lipinski definition) is 6. The molecule has 3 heterocycles. The van der Waals surface area contributed by atoms with Crippen LogP contribution in [0.1, 0.15) is 30.1 Å². The van der Waals surface area contributed by atoms with Crippen molar-refractivity contribution in [3.63, 3.8) is 0 Å². The predicted octanol–water partition coefficient (Wildman–Crippen LogP) is 5.97. The van der Waals surface area contributed by atoms with E-state index in [1.165, 1.54) is 18.7 Å². The topological polar surface area (TPSA) is 81.2 Å². The van der Waals surface area contributed by atoms with Crippen LogP contribution in [-0.4, -0.2) is 19.6 Å². The lowest BCUT2D eigenvalue weighted by Gasteiger charge is -2.16. The third kappa shape index (κ3) is 3.13. The van der Waals surface area contributed by atoms with Gasteiger partial charge >= 0.3 is 0 Å². The zero-order valence-electron chi connectivity index (χ0n) is 17.1. The van der Waals surface area contributed by atoms with Gasteiger partial charge in [-0.1, -0.05) is 17.7 Å². The number of halogens is 4. The maximum absolute atomic E-state index is 15.2. The Bertz CT molecular complexity index is 1680. The first-order valence-electron chi connectivity index (χ1n) is 10.2. The summed E-state index contributed by atoms with van der Waals surface area (Å²) in [6.07, 6.45) is 3.93. The SMILES string of the molecule is O=c1c2c(nc(-c3c(C4CC4)cc(F)c(F)c3F)n1Cc1cnco1)sc1c(O)c(Cl)ccc12. The van der Waals surface area contributed by atoms with Crippen LogP contribution < -0.4 is 5.56 Å². The second-order valence-electron chi connectivity index (χ2n) is 8.07. The first-order valence-corrected chi connectivity index (χ1v) is 11.4. The third-order valence-electron chi connectivity index (χ3n) is 5.92. The molecule has 0 saturated heterocycles. The Labute approximate surface area is 197 Å². The molecule has 11 heteroatoms. The molecule has 0 spiro atoms. The second kappa shape index (κ2) is 7.57. The number of benzene rings is 2. The van der Waals surface area contributed by atoms with E-state index < -0.39 is 23.0 Å². The van der Waals surface area contributed by atoms with Gasteiger partial charge in [-0.05, 0) is 36.5 Å². The number of thiophene rings is 1. The summed E-state index contributed by atoms with van der Waals surface area (Å²) in [7, 11) is 0. The Balaban J connectivity index is 1.74. The van der Waals surface area contributed by atoms with Gasteiger partial charge < -0.3 is 9.52 Å². The summed E-state index contributed by atoms with van der Waals surface area (Å²) in [5.74, 6) is -4.60. The molecule has 2 aromatic carbocycles. The summed E-state index contributed by atoms with van der Waals surface area (Å²) in [6, 6.07) is 4.02. The first kappa shape index (κ1) is 21.2. The van der Waals surface area contributed by atoms with Crippen molar-refractivity contribution in [2.75, 3.05) is 0 Å². The van der Waals surface area contributed by atoms with Crippen LogP contribution >= 0.6 is 22.9 Å². The Morgan fingerprint density at radius 1 is 1.24 bits per heavy atom. The van der Waals surface area contributed by atoms with E-state index in [9.17, 15) is 18.7 Å². The third-order valence-corrected chi connectivity index (χ3v) is 7.33. The molecule has 0 bridgehead atoms. The van der Waals surface area contributed by atoms with Gasteiger partial charge in [0.15, 0.2) is 29.6 Å².